The minimum Gasteiger partial charge on any atom is -0.488 e. The van der Waals surface area contributed by atoms with Crippen LogP contribution in [0.25, 0.3) is 0 Å². The summed E-state index contributed by atoms with van der Waals surface area (Å²) < 4.78 is 17.5. The highest BCUT2D eigenvalue weighted by molar-refractivity contribution is 5.55. The zero-order valence-corrected chi connectivity index (χ0v) is 12.9. The molecule has 3 rings (SSSR count). The first kappa shape index (κ1) is 15.4. The Labute approximate surface area is 135 Å². The van der Waals surface area contributed by atoms with E-state index in [0.717, 1.165) is 16.9 Å². The Morgan fingerprint density at radius 1 is 1.22 bits per heavy atom. The van der Waals surface area contributed by atoms with Crippen molar-refractivity contribution < 1.29 is 19.3 Å². The Balaban J connectivity index is 1.86. The van der Waals surface area contributed by atoms with Crippen LogP contribution in [0.15, 0.2) is 55.1 Å². The van der Waals surface area contributed by atoms with Crippen LogP contribution in [0.4, 0.5) is 0 Å². The van der Waals surface area contributed by atoms with Gasteiger partial charge in [-0.2, -0.15) is 0 Å². The van der Waals surface area contributed by atoms with Gasteiger partial charge in [0, 0.05) is 5.56 Å². The molecule has 0 radical (unpaired) electrons. The van der Waals surface area contributed by atoms with E-state index in [4.69, 9.17) is 14.2 Å². The predicted molar refractivity (Wildman–Crippen MR) is 88.1 cm³/mol. The molecule has 1 aliphatic rings. The molecule has 0 saturated heterocycles. The predicted octanol–water partition coefficient (Wildman–Crippen LogP) is 3.13. The van der Waals surface area contributed by atoms with E-state index in [1.165, 1.54) is 0 Å². The summed E-state index contributed by atoms with van der Waals surface area (Å²) in [7, 11) is 0. The van der Waals surface area contributed by atoms with E-state index in [9.17, 15) is 5.11 Å². The summed E-state index contributed by atoms with van der Waals surface area (Å²) in [5.41, 5.74) is 1.99. The summed E-state index contributed by atoms with van der Waals surface area (Å²) in [6.45, 7) is 4.55. The number of aliphatic hydroxyl groups excluding tert-OH is 1. The van der Waals surface area contributed by atoms with Crippen molar-refractivity contribution in [1.29, 1.82) is 0 Å². The molecule has 120 valence electrons. The lowest BCUT2D eigenvalue weighted by molar-refractivity contribution is 0.0444. The van der Waals surface area contributed by atoms with Crippen LogP contribution in [-0.4, -0.2) is 24.4 Å². The molecular weight excluding hydrogens is 292 g/mol. The van der Waals surface area contributed by atoms with Gasteiger partial charge in [0.2, 0.25) is 0 Å². The summed E-state index contributed by atoms with van der Waals surface area (Å²) >= 11 is 0. The van der Waals surface area contributed by atoms with Gasteiger partial charge in [-0.3, -0.25) is 0 Å². The highest BCUT2D eigenvalue weighted by Crippen LogP contribution is 2.41. The number of aliphatic hydroxyl groups is 1. The van der Waals surface area contributed by atoms with E-state index < -0.39 is 0 Å². The summed E-state index contributed by atoms with van der Waals surface area (Å²) in [6.07, 6.45) is 2.06. The first-order valence-electron chi connectivity index (χ1n) is 7.65. The van der Waals surface area contributed by atoms with Crippen molar-refractivity contribution in [2.75, 3.05) is 13.2 Å². The molecule has 2 aromatic carbocycles. The van der Waals surface area contributed by atoms with E-state index in [-0.39, 0.29) is 12.7 Å². The van der Waals surface area contributed by atoms with E-state index in [0.29, 0.717) is 31.1 Å². The Morgan fingerprint density at radius 2 is 2.04 bits per heavy atom. The van der Waals surface area contributed by atoms with Crippen LogP contribution in [0, 0.1) is 0 Å². The smallest absolute Gasteiger partial charge is 0.169 e. The van der Waals surface area contributed by atoms with Gasteiger partial charge in [-0.05, 0) is 24.1 Å². The molecule has 4 heteroatoms. The number of hydrogen-bond acceptors (Lipinski definition) is 4. The van der Waals surface area contributed by atoms with Gasteiger partial charge in [0.05, 0.1) is 6.61 Å². The molecule has 0 aliphatic carbocycles. The lowest BCUT2D eigenvalue weighted by atomic mass is 10.1. The van der Waals surface area contributed by atoms with Gasteiger partial charge < -0.3 is 19.3 Å². The third kappa shape index (κ3) is 3.48. The topological polar surface area (TPSA) is 47.9 Å². The van der Waals surface area contributed by atoms with Crippen LogP contribution in [0.5, 0.6) is 17.2 Å². The average molecular weight is 312 g/mol. The molecule has 0 spiro atoms. The fourth-order valence-corrected chi connectivity index (χ4v) is 2.51. The maximum atomic E-state index is 9.30. The van der Waals surface area contributed by atoms with Crippen molar-refractivity contribution in [1.82, 2.24) is 0 Å². The molecule has 23 heavy (non-hydrogen) atoms. The van der Waals surface area contributed by atoms with Crippen molar-refractivity contribution in [3.63, 3.8) is 0 Å². The molecule has 1 unspecified atom stereocenters. The number of allylic oxidation sites excluding steroid dienone is 1. The van der Waals surface area contributed by atoms with Crippen LogP contribution in [0.1, 0.15) is 11.1 Å². The molecule has 0 amide bonds. The summed E-state index contributed by atoms with van der Waals surface area (Å²) in [5, 5.41) is 9.30. The normalized spacial score (nSPS) is 16.0. The van der Waals surface area contributed by atoms with Crippen LogP contribution in [0.2, 0.25) is 0 Å². The molecule has 2 aromatic rings. The second-order valence-corrected chi connectivity index (χ2v) is 5.37. The zero-order chi connectivity index (χ0) is 16.1. The van der Waals surface area contributed by atoms with E-state index >= 15 is 0 Å². The SMILES string of the molecule is C=CCc1c(OCc2ccccc2)ccc2c1OC(CO)CO2. The van der Waals surface area contributed by atoms with Gasteiger partial charge in [0.15, 0.2) is 17.6 Å². The Hall–Kier alpha value is -2.46. The summed E-state index contributed by atoms with van der Waals surface area (Å²) in [4.78, 5) is 0. The van der Waals surface area contributed by atoms with Crippen LogP contribution < -0.4 is 14.2 Å². The molecule has 1 heterocycles. The standard InChI is InChI=1S/C19H20O4/c1-2-6-16-17(21-12-14-7-4-3-5-8-14)9-10-18-19(16)23-15(11-20)13-22-18/h2-5,7-10,15,20H,1,6,11-13H2. The first-order valence-corrected chi connectivity index (χ1v) is 7.65. The molecule has 0 bridgehead atoms. The fraction of sp³-hybridized carbons (Fsp3) is 0.263. The van der Waals surface area contributed by atoms with Gasteiger partial charge >= 0.3 is 0 Å². The summed E-state index contributed by atoms with van der Waals surface area (Å²) in [5.74, 6) is 2.06. The molecule has 0 fully saturated rings. The second-order valence-electron chi connectivity index (χ2n) is 5.37. The minimum atomic E-state index is -0.351. The molecule has 1 atom stereocenters. The largest absolute Gasteiger partial charge is 0.488 e. The number of rotatable bonds is 6. The molecule has 4 nitrogen and oxygen atoms in total. The van der Waals surface area contributed by atoms with E-state index in [1.807, 2.05) is 42.5 Å². The van der Waals surface area contributed by atoms with Crippen LogP contribution >= 0.6 is 0 Å². The minimum absolute atomic E-state index is 0.0813. The van der Waals surface area contributed by atoms with Gasteiger partial charge in [-0.15, -0.1) is 6.58 Å². The van der Waals surface area contributed by atoms with Crippen molar-refractivity contribution in [2.24, 2.45) is 0 Å². The lowest BCUT2D eigenvalue weighted by Gasteiger charge is -2.28. The first-order chi connectivity index (χ1) is 11.3. The maximum absolute atomic E-state index is 9.30. The fourth-order valence-electron chi connectivity index (χ4n) is 2.51. The molecule has 0 saturated carbocycles. The highest BCUT2D eigenvalue weighted by atomic mass is 16.6. The molecule has 0 aromatic heterocycles. The molecular formula is C19H20O4. The van der Waals surface area contributed by atoms with E-state index in [2.05, 4.69) is 6.58 Å². The zero-order valence-electron chi connectivity index (χ0n) is 12.9. The Morgan fingerprint density at radius 3 is 2.78 bits per heavy atom. The van der Waals surface area contributed by atoms with Crippen molar-refractivity contribution in [3.8, 4) is 17.2 Å². The van der Waals surface area contributed by atoms with E-state index in [1.54, 1.807) is 6.08 Å². The van der Waals surface area contributed by atoms with Gasteiger partial charge in [-0.1, -0.05) is 36.4 Å². The summed E-state index contributed by atoms with van der Waals surface area (Å²) in [6, 6.07) is 13.7. The third-order valence-corrected chi connectivity index (χ3v) is 3.68. The van der Waals surface area contributed by atoms with Crippen LogP contribution in [0.3, 0.4) is 0 Å². The third-order valence-electron chi connectivity index (χ3n) is 3.68. The number of fused-ring (bicyclic) bond motifs is 1. The number of ether oxygens (including phenoxy) is 3. The Kier molecular flexibility index (Phi) is 4.83. The second kappa shape index (κ2) is 7.20. The van der Waals surface area contributed by atoms with Crippen molar-refractivity contribution >= 4 is 0 Å². The maximum Gasteiger partial charge on any atom is 0.169 e. The lowest BCUT2D eigenvalue weighted by Crippen LogP contribution is -2.32. The van der Waals surface area contributed by atoms with Gasteiger partial charge in [0.25, 0.3) is 0 Å². The number of benzene rings is 2. The van der Waals surface area contributed by atoms with Gasteiger partial charge in [0.1, 0.15) is 19.0 Å². The molecule has 1 aliphatic heterocycles. The average Bonchev–Trinajstić information content (AvgIpc) is 2.61. The number of hydrogen-bond donors (Lipinski definition) is 1. The highest BCUT2D eigenvalue weighted by Gasteiger charge is 2.25. The van der Waals surface area contributed by atoms with Crippen molar-refractivity contribution in [3.05, 3.63) is 66.2 Å². The van der Waals surface area contributed by atoms with Crippen LogP contribution in [-0.2, 0) is 13.0 Å². The van der Waals surface area contributed by atoms with Gasteiger partial charge in [-0.25, -0.2) is 0 Å². The monoisotopic (exact) mass is 312 g/mol. The Bertz CT molecular complexity index is 667. The molecule has 1 N–H and O–H groups in total. The quantitative estimate of drug-likeness (QED) is 0.833. The van der Waals surface area contributed by atoms with Crippen molar-refractivity contribution in [2.45, 2.75) is 19.1 Å².